The Balaban J connectivity index is 2.08. The van der Waals surface area contributed by atoms with Crippen LogP contribution >= 0.6 is 0 Å². The third-order valence-electron chi connectivity index (χ3n) is 3.10. The van der Waals surface area contributed by atoms with Crippen LogP contribution in [0.2, 0.25) is 0 Å². The molecular formula is C13H17NO. The number of benzene rings is 1. The molecule has 0 aromatic heterocycles. The lowest BCUT2D eigenvalue weighted by atomic mass is 10.1. The molecule has 2 rings (SSSR count). The summed E-state index contributed by atoms with van der Waals surface area (Å²) in [6.45, 7) is 4.97. The molecular weight excluding hydrogens is 186 g/mol. The number of hydrogen-bond acceptors (Lipinski definition) is 1. The van der Waals surface area contributed by atoms with E-state index in [2.05, 4.69) is 38.1 Å². The minimum atomic E-state index is 0.295. The molecule has 0 aliphatic carbocycles. The van der Waals surface area contributed by atoms with Crippen LogP contribution in [-0.4, -0.2) is 16.8 Å². The number of hydrogen-bond donors (Lipinski definition) is 0. The molecule has 0 N–H and O–H groups in total. The van der Waals surface area contributed by atoms with E-state index in [0.717, 1.165) is 13.0 Å². The van der Waals surface area contributed by atoms with Gasteiger partial charge in [0.15, 0.2) is 0 Å². The van der Waals surface area contributed by atoms with Crippen molar-refractivity contribution in [2.75, 3.05) is 0 Å². The van der Waals surface area contributed by atoms with Gasteiger partial charge in [0.25, 0.3) is 0 Å². The Kier molecular flexibility index (Phi) is 2.76. The minimum Gasteiger partial charge on any atom is -0.336 e. The molecule has 1 aromatic carbocycles. The lowest BCUT2D eigenvalue weighted by Crippen LogP contribution is -2.30. The first-order chi connectivity index (χ1) is 7.16. The molecule has 1 atom stereocenters. The van der Waals surface area contributed by atoms with E-state index in [9.17, 15) is 4.79 Å². The maximum atomic E-state index is 11.6. The molecule has 1 aliphatic heterocycles. The van der Waals surface area contributed by atoms with Crippen LogP contribution in [-0.2, 0) is 11.3 Å². The van der Waals surface area contributed by atoms with Crippen molar-refractivity contribution in [1.29, 1.82) is 0 Å². The van der Waals surface area contributed by atoms with Crippen LogP contribution in [0.4, 0.5) is 0 Å². The number of carbonyl (C=O) groups is 1. The normalized spacial score (nSPS) is 21.1. The van der Waals surface area contributed by atoms with Crippen molar-refractivity contribution in [3.05, 3.63) is 35.4 Å². The molecule has 1 aliphatic rings. The topological polar surface area (TPSA) is 20.3 Å². The molecule has 0 saturated carbocycles. The molecule has 0 radical (unpaired) electrons. The highest BCUT2D eigenvalue weighted by Crippen LogP contribution is 2.20. The highest BCUT2D eigenvalue weighted by atomic mass is 16.2. The number of carbonyl (C=O) groups excluding carboxylic acids is 1. The average molecular weight is 203 g/mol. The van der Waals surface area contributed by atoms with E-state index in [4.69, 9.17) is 0 Å². The molecule has 1 saturated heterocycles. The van der Waals surface area contributed by atoms with Gasteiger partial charge in [0.2, 0.25) is 5.91 Å². The fraction of sp³-hybridized carbons (Fsp3) is 0.462. The number of likely N-dealkylation sites (tertiary alicyclic amines) is 1. The van der Waals surface area contributed by atoms with Crippen LogP contribution in [0, 0.1) is 6.92 Å². The van der Waals surface area contributed by atoms with Crippen LogP contribution in [0.3, 0.4) is 0 Å². The number of nitrogens with zero attached hydrogens (tertiary/aromatic N) is 1. The summed E-state index contributed by atoms with van der Waals surface area (Å²) in [4.78, 5) is 13.6. The van der Waals surface area contributed by atoms with Crippen molar-refractivity contribution in [3.63, 3.8) is 0 Å². The van der Waals surface area contributed by atoms with Crippen LogP contribution in [0.1, 0.15) is 30.9 Å². The second-order valence-corrected chi connectivity index (χ2v) is 4.39. The van der Waals surface area contributed by atoms with Crippen LogP contribution < -0.4 is 0 Å². The first-order valence-corrected chi connectivity index (χ1v) is 5.52. The van der Waals surface area contributed by atoms with Gasteiger partial charge < -0.3 is 4.90 Å². The Bertz CT molecular complexity index is 355. The quantitative estimate of drug-likeness (QED) is 0.723. The van der Waals surface area contributed by atoms with Crippen molar-refractivity contribution in [1.82, 2.24) is 4.90 Å². The van der Waals surface area contributed by atoms with E-state index < -0.39 is 0 Å². The summed E-state index contributed by atoms with van der Waals surface area (Å²) < 4.78 is 0. The third kappa shape index (κ3) is 2.20. The van der Waals surface area contributed by atoms with Crippen molar-refractivity contribution in [2.24, 2.45) is 0 Å². The highest BCUT2D eigenvalue weighted by Gasteiger charge is 2.26. The van der Waals surface area contributed by atoms with Gasteiger partial charge in [-0.3, -0.25) is 4.79 Å². The standard InChI is InChI=1S/C13H17NO/c1-10-3-6-12(7-4-10)9-14-11(2)5-8-13(14)15/h3-4,6-7,11H,5,8-9H2,1-2H3/t11-/m1/s1. The maximum absolute atomic E-state index is 11.6. The lowest BCUT2D eigenvalue weighted by molar-refractivity contribution is -0.129. The Morgan fingerprint density at radius 3 is 2.53 bits per heavy atom. The summed E-state index contributed by atoms with van der Waals surface area (Å²) in [7, 11) is 0. The molecule has 1 heterocycles. The SMILES string of the molecule is Cc1ccc(CN2C(=O)CC[C@H]2C)cc1. The summed E-state index contributed by atoms with van der Waals surface area (Å²) in [5.74, 6) is 0.295. The predicted octanol–water partition coefficient (Wildman–Crippen LogP) is 2.51. The molecule has 0 bridgehead atoms. The van der Waals surface area contributed by atoms with Gasteiger partial charge in [-0.25, -0.2) is 0 Å². The average Bonchev–Trinajstić information content (AvgIpc) is 2.53. The van der Waals surface area contributed by atoms with E-state index in [-0.39, 0.29) is 0 Å². The monoisotopic (exact) mass is 203 g/mol. The van der Waals surface area contributed by atoms with Crippen LogP contribution in [0.15, 0.2) is 24.3 Å². The molecule has 1 amide bonds. The summed E-state index contributed by atoms with van der Waals surface area (Å²) in [5, 5.41) is 0. The van der Waals surface area contributed by atoms with E-state index >= 15 is 0 Å². The largest absolute Gasteiger partial charge is 0.336 e. The van der Waals surface area contributed by atoms with Gasteiger partial charge >= 0.3 is 0 Å². The van der Waals surface area contributed by atoms with Gasteiger partial charge in [0.1, 0.15) is 0 Å². The number of aryl methyl sites for hydroxylation is 1. The summed E-state index contributed by atoms with van der Waals surface area (Å²) in [6.07, 6.45) is 1.72. The Labute approximate surface area is 90.9 Å². The second kappa shape index (κ2) is 4.05. The lowest BCUT2D eigenvalue weighted by Gasteiger charge is -2.21. The van der Waals surface area contributed by atoms with Crippen LogP contribution in [0.25, 0.3) is 0 Å². The van der Waals surface area contributed by atoms with Crippen molar-refractivity contribution < 1.29 is 4.79 Å². The number of amides is 1. The minimum absolute atomic E-state index is 0.295. The fourth-order valence-electron chi connectivity index (χ4n) is 2.01. The van der Waals surface area contributed by atoms with Gasteiger partial charge in [-0.05, 0) is 25.8 Å². The van der Waals surface area contributed by atoms with Crippen molar-refractivity contribution >= 4 is 5.91 Å². The fourth-order valence-corrected chi connectivity index (χ4v) is 2.01. The van der Waals surface area contributed by atoms with Crippen LogP contribution in [0.5, 0.6) is 0 Å². The van der Waals surface area contributed by atoms with Crippen molar-refractivity contribution in [2.45, 2.75) is 39.3 Å². The Hall–Kier alpha value is -1.31. The summed E-state index contributed by atoms with van der Waals surface area (Å²) in [5.41, 5.74) is 2.49. The van der Waals surface area contributed by atoms with E-state index in [1.54, 1.807) is 0 Å². The molecule has 1 fully saturated rings. The summed E-state index contributed by atoms with van der Waals surface area (Å²) >= 11 is 0. The van der Waals surface area contributed by atoms with Gasteiger partial charge in [0, 0.05) is 19.0 Å². The highest BCUT2D eigenvalue weighted by molar-refractivity contribution is 5.78. The van der Waals surface area contributed by atoms with Gasteiger partial charge in [-0.1, -0.05) is 29.8 Å². The molecule has 0 unspecified atom stereocenters. The van der Waals surface area contributed by atoms with E-state index in [1.165, 1.54) is 11.1 Å². The molecule has 2 nitrogen and oxygen atoms in total. The maximum Gasteiger partial charge on any atom is 0.223 e. The molecule has 15 heavy (non-hydrogen) atoms. The van der Waals surface area contributed by atoms with Gasteiger partial charge in [-0.2, -0.15) is 0 Å². The zero-order valence-electron chi connectivity index (χ0n) is 9.36. The van der Waals surface area contributed by atoms with E-state index in [0.29, 0.717) is 18.4 Å². The number of rotatable bonds is 2. The third-order valence-corrected chi connectivity index (χ3v) is 3.10. The summed E-state index contributed by atoms with van der Waals surface area (Å²) in [6, 6.07) is 8.81. The molecule has 80 valence electrons. The van der Waals surface area contributed by atoms with Crippen molar-refractivity contribution in [3.8, 4) is 0 Å². The first kappa shape index (κ1) is 10.2. The Morgan fingerprint density at radius 1 is 1.33 bits per heavy atom. The smallest absolute Gasteiger partial charge is 0.223 e. The van der Waals surface area contributed by atoms with E-state index in [1.807, 2.05) is 4.90 Å². The molecule has 2 heteroatoms. The van der Waals surface area contributed by atoms with Gasteiger partial charge in [0.05, 0.1) is 0 Å². The zero-order chi connectivity index (χ0) is 10.8. The molecule has 1 aromatic rings. The zero-order valence-corrected chi connectivity index (χ0v) is 9.36. The second-order valence-electron chi connectivity index (χ2n) is 4.39. The first-order valence-electron chi connectivity index (χ1n) is 5.52. The Morgan fingerprint density at radius 2 is 2.00 bits per heavy atom. The molecule has 0 spiro atoms. The predicted molar refractivity (Wildman–Crippen MR) is 60.4 cm³/mol. The van der Waals surface area contributed by atoms with Gasteiger partial charge in [-0.15, -0.1) is 0 Å².